The normalized spacial score (nSPS) is 21.0. The van der Waals surface area contributed by atoms with Gasteiger partial charge in [0.15, 0.2) is 10.8 Å². The maximum absolute atomic E-state index is 10.6. The van der Waals surface area contributed by atoms with E-state index >= 15 is 0 Å². The lowest BCUT2D eigenvalue weighted by Gasteiger charge is -2.29. The van der Waals surface area contributed by atoms with Gasteiger partial charge in [-0.25, -0.2) is 4.68 Å². The highest BCUT2D eigenvalue weighted by Gasteiger charge is 2.29. The minimum absolute atomic E-state index is 0.302. The van der Waals surface area contributed by atoms with Crippen molar-refractivity contribution in [3.63, 3.8) is 0 Å². The largest absolute Gasteiger partial charge is 0.506 e. The Hall–Kier alpha value is -2.12. The van der Waals surface area contributed by atoms with Crippen LogP contribution in [-0.2, 0) is 0 Å². The molecule has 0 amide bonds. The molecular formula is C20H25N5OS. The van der Waals surface area contributed by atoms with E-state index in [1.54, 1.807) is 11.3 Å². The summed E-state index contributed by atoms with van der Waals surface area (Å²) in [5.41, 5.74) is 3.85. The summed E-state index contributed by atoms with van der Waals surface area (Å²) in [6, 6.07) is 4.45. The minimum atomic E-state index is 0.302. The van der Waals surface area contributed by atoms with Gasteiger partial charge in [0.05, 0.1) is 10.9 Å². The van der Waals surface area contributed by atoms with Gasteiger partial charge in [0, 0.05) is 12.6 Å². The second-order valence-electron chi connectivity index (χ2n) is 8.02. The summed E-state index contributed by atoms with van der Waals surface area (Å²) in [6.07, 6.45) is 6.78. The number of hydrogen-bond donors (Lipinski definition) is 2. The molecule has 1 aromatic carbocycles. The Morgan fingerprint density at radius 3 is 2.85 bits per heavy atom. The Kier molecular flexibility index (Phi) is 4.09. The number of rotatable bonds is 4. The number of aromatic hydroxyl groups is 1. The van der Waals surface area contributed by atoms with E-state index in [1.165, 1.54) is 37.8 Å². The molecule has 0 radical (unpaired) electrons. The summed E-state index contributed by atoms with van der Waals surface area (Å²) in [5, 5.41) is 19.8. The number of nitrogens with zero attached hydrogens (tertiary/aromatic N) is 4. The highest BCUT2D eigenvalue weighted by molar-refractivity contribution is 7.22. The first kappa shape index (κ1) is 17.0. The van der Waals surface area contributed by atoms with Crippen LogP contribution in [0.3, 0.4) is 0 Å². The van der Waals surface area contributed by atoms with Gasteiger partial charge in [-0.2, -0.15) is 4.98 Å². The van der Waals surface area contributed by atoms with Crippen LogP contribution >= 0.6 is 11.3 Å². The molecule has 3 heterocycles. The average molecular weight is 384 g/mol. The van der Waals surface area contributed by atoms with Crippen molar-refractivity contribution in [2.24, 2.45) is 0 Å². The number of anilines is 1. The quantitative estimate of drug-likeness (QED) is 0.716. The van der Waals surface area contributed by atoms with Gasteiger partial charge in [-0.05, 0) is 69.3 Å². The molecule has 1 atom stereocenters. The summed E-state index contributed by atoms with van der Waals surface area (Å²) in [7, 11) is 2.17. The fraction of sp³-hybridized carbons (Fsp3) is 0.500. The molecule has 0 spiro atoms. The van der Waals surface area contributed by atoms with Crippen molar-refractivity contribution in [3.05, 3.63) is 29.5 Å². The molecular weight excluding hydrogens is 358 g/mol. The van der Waals surface area contributed by atoms with Gasteiger partial charge in [-0.3, -0.25) is 0 Å². The van der Waals surface area contributed by atoms with Crippen molar-refractivity contribution in [3.8, 4) is 11.4 Å². The van der Waals surface area contributed by atoms with E-state index in [2.05, 4.69) is 28.4 Å². The first-order valence-electron chi connectivity index (χ1n) is 9.72. The van der Waals surface area contributed by atoms with Crippen LogP contribution in [0.15, 0.2) is 18.3 Å². The highest BCUT2D eigenvalue weighted by Crippen LogP contribution is 2.45. The number of thiazole rings is 1. The predicted octanol–water partition coefficient (Wildman–Crippen LogP) is 3.88. The Balaban J connectivity index is 1.44. The topological polar surface area (TPSA) is 66.2 Å². The zero-order valence-electron chi connectivity index (χ0n) is 15.8. The summed E-state index contributed by atoms with van der Waals surface area (Å²) in [5.74, 6) is 0.845. The third kappa shape index (κ3) is 3.30. The van der Waals surface area contributed by atoms with Crippen molar-refractivity contribution >= 4 is 26.8 Å². The Bertz CT molecular complexity index is 958. The van der Waals surface area contributed by atoms with Crippen LogP contribution in [-0.4, -0.2) is 50.9 Å². The number of aromatic nitrogens is 3. The second kappa shape index (κ2) is 6.49. The first-order valence-corrected chi connectivity index (χ1v) is 10.5. The third-order valence-electron chi connectivity index (χ3n) is 5.54. The van der Waals surface area contributed by atoms with Gasteiger partial charge in [0.1, 0.15) is 11.4 Å². The highest BCUT2D eigenvalue weighted by atomic mass is 32.1. The van der Waals surface area contributed by atoms with Crippen molar-refractivity contribution in [1.29, 1.82) is 0 Å². The SMILES string of the molecule is Cc1cc(O)c(-n2cc3sc(N[C@@H]4CCCN(C)C4)nc3n2)c(C2CC2)c1. The van der Waals surface area contributed by atoms with Gasteiger partial charge < -0.3 is 15.3 Å². The van der Waals surface area contributed by atoms with Gasteiger partial charge >= 0.3 is 0 Å². The number of phenolic OH excluding ortho intramolecular Hbond substituents is 1. The molecule has 0 bridgehead atoms. The van der Waals surface area contributed by atoms with Crippen molar-refractivity contribution < 1.29 is 5.11 Å². The number of likely N-dealkylation sites (tertiary alicyclic amines) is 1. The van der Waals surface area contributed by atoms with Crippen LogP contribution < -0.4 is 5.32 Å². The molecule has 1 saturated heterocycles. The molecule has 5 rings (SSSR count). The van der Waals surface area contributed by atoms with E-state index in [0.29, 0.717) is 17.7 Å². The van der Waals surface area contributed by atoms with Crippen LogP contribution in [0.1, 0.15) is 42.7 Å². The molecule has 3 aromatic rings. The first-order chi connectivity index (χ1) is 13.1. The van der Waals surface area contributed by atoms with Crippen molar-refractivity contribution in [1.82, 2.24) is 19.7 Å². The maximum atomic E-state index is 10.6. The van der Waals surface area contributed by atoms with Crippen LogP contribution in [0.25, 0.3) is 16.0 Å². The van der Waals surface area contributed by atoms with Crippen LogP contribution in [0, 0.1) is 6.92 Å². The molecule has 1 aliphatic carbocycles. The smallest absolute Gasteiger partial charge is 0.194 e. The number of phenols is 1. The fourth-order valence-electron chi connectivity index (χ4n) is 4.10. The molecule has 2 N–H and O–H groups in total. The lowest BCUT2D eigenvalue weighted by Crippen LogP contribution is -2.39. The summed E-state index contributed by atoms with van der Waals surface area (Å²) >= 11 is 1.64. The zero-order valence-corrected chi connectivity index (χ0v) is 16.6. The zero-order chi connectivity index (χ0) is 18.5. The number of hydrogen-bond acceptors (Lipinski definition) is 6. The standard InChI is InChI=1S/C20H25N5OS/c1-12-8-15(13-5-6-13)18(16(26)9-12)25-11-17-19(23-25)22-20(27-17)21-14-4-3-7-24(2)10-14/h8-9,11,13-14,26H,3-7,10H2,1-2H3,(H,21,22,23)/t14-/m1/s1. The van der Waals surface area contributed by atoms with E-state index in [0.717, 1.165) is 33.3 Å². The lowest BCUT2D eigenvalue weighted by molar-refractivity contribution is 0.261. The molecule has 27 heavy (non-hydrogen) atoms. The number of aryl methyl sites for hydroxylation is 1. The van der Waals surface area contributed by atoms with Crippen LogP contribution in [0.4, 0.5) is 5.13 Å². The molecule has 142 valence electrons. The van der Waals surface area contributed by atoms with Crippen LogP contribution in [0.2, 0.25) is 0 Å². The van der Waals surface area contributed by atoms with Crippen LogP contribution in [0.5, 0.6) is 5.75 Å². The number of fused-ring (bicyclic) bond motifs is 1. The van der Waals surface area contributed by atoms with Crippen molar-refractivity contribution in [2.75, 3.05) is 25.5 Å². The molecule has 2 aromatic heterocycles. The Morgan fingerprint density at radius 2 is 2.11 bits per heavy atom. The summed E-state index contributed by atoms with van der Waals surface area (Å²) in [6.45, 7) is 4.26. The Morgan fingerprint density at radius 1 is 1.26 bits per heavy atom. The fourth-order valence-corrected chi connectivity index (χ4v) is 5.00. The van der Waals surface area contributed by atoms with Gasteiger partial charge in [-0.15, -0.1) is 5.10 Å². The molecule has 7 heteroatoms. The lowest BCUT2D eigenvalue weighted by atomic mass is 10.0. The van der Waals surface area contributed by atoms with Gasteiger partial charge in [0.25, 0.3) is 0 Å². The summed E-state index contributed by atoms with van der Waals surface area (Å²) in [4.78, 5) is 7.05. The summed E-state index contributed by atoms with van der Waals surface area (Å²) < 4.78 is 2.86. The average Bonchev–Trinajstić information content (AvgIpc) is 3.28. The number of likely N-dealkylation sites (N-methyl/N-ethyl adjacent to an activating group) is 1. The van der Waals surface area contributed by atoms with E-state index in [1.807, 2.05) is 23.9 Å². The number of piperidine rings is 1. The van der Waals surface area contributed by atoms with E-state index in [9.17, 15) is 5.11 Å². The molecule has 6 nitrogen and oxygen atoms in total. The Labute approximate surface area is 162 Å². The number of nitrogens with one attached hydrogen (secondary N) is 1. The molecule has 1 aliphatic heterocycles. The van der Waals surface area contributed by atoms with E-state index in [-0.39, 0.29) is 0 Å². The van der Waals surface area contributed by atoms with Gasteiger partial charge in [0.2, 0.25) is 0 Å². The molecule has 1 saturated carbocycles. The second-order valence-corrected chi connectivity index (χ2v) is 9.05. The maximum Gasteiger partial charge on any atom is 0.194 e. The third-order valence-corrected chi connectivity index (χ3v) is 6.45. The van der Waals surface area contributed by atoms with E-state index < -0.39 is 0 Å². The molecule has 0 unspecified atom stereocenters. The van der Waals surface area contributed by atoms with E-state index in [4.69, 9.17) is 4.98 Å². The molecule has 2 aliphatic rings. The minimum Gasteiger partial charge on any atom is -0.506 e. The van der Waals surface area contributed by atoms with Crippen molar-refractivity contribution in [2.45, 2.75) is 44.6 Å². The monoisotopic (exact) mass is 383 g/mol. The predicted molar refractivity (Wildman–Crippen MR) is 109 cm³/mol. The van der Waals surface area contributed by atoms with Gasteiger partial charge in [-0.1, -0.05) is 17.4 Å². The molecule has 2 fully saturated rings. The number of benzene rings is 1.